The van der Waals surface area contributed by atoms with E-state index < -0.39 is 0 Å². The molecule has 1 atom stereocenters. The van der Waals surface area contributed by atoms with E-state index in [-0.39, 0.29) is 11.7 Å². The highest BCUT2D eigenvalue weighted by atomic mass is 16.1. The zero-order chi connectivity index (χ0) is 14.5. The Hall–Kier alpha value is -1.88. The number of pyridine rings is 1. The lowest BCUT2D eigenvalue weighted by atomic mass is 9.86. The standard InChI is InChI=1S/C18H21NO/c1-13(2)16-10-11-17(19-12-16)9-5-8-15-7-4-6-14(3)18(15)20/h6,10-13,15H,4,7-8H2,1-3H3. The third-order valence-electron chi connectivity index (χ3n) is 3.74. The number of hydrogen-bond donors (Lipinski definition) is 0. The lowest BCUT2D eigenvalue weighted by Gasteiger charge is -2.16. The third-order valence-corrected chi connectivity index (χ3v) is 3.74. The van der Waals surface area contributed by atoms with Crippen molar-refractivity contribution in [3.63, 3.8) is 0 Å². The Morgan fingerprint density at radius 2 is 2.20 bits per heavy atom. The maximum atomic E-state index is 11.9. The Bertz CT molecular complexity index is 570. The van der Waals surface area contributed by atoms with Crippen LogP contribution in [-0.4, -0.2) is 10.8 Å². The van der Waals surface area contributed by atoms with Crippen LogP contribution in [0.15, 0.2) is 30.0 Å². The van der Waals surface area contributed by atoms with Crippen molar-refractivity contribution in [2.75, 3.05) is 0 Å². The Morgan fingerprint density at radius 1 is 1.40 bits per heavy atom. The molecule has 0 aromatic carbocycles. The number of carbonyl (C=O) groups is 1. The van der Waals surface area contributed by atoms with Crippen molar-refractivity contribution < 1.29 is 4.79 Å². The van der Waals surface area contributed by atoms with Crippen LogP contribution in [0.3, 0.4) is 0 Å². The molecule has 0 spiro atoms. The fourth-order valence-electron chi connectivity index (χ4n) is 2.34. The summed E-state index contributed by atoms with van der Waals surface area (Å²) in [6, 6.07) is 4.02. The first-order chi connectivity index (χ1) is 9.58. The fourth-order valence-corrected chi connectivity index (χ4v) is 2.34. The number of nitrogens with zero attached hydrogens (tertiary/aromatic N) is 1. The van der Waals surface area contributed by atoms with Crippen molar-refractivity contribution in [3.8, 4) is 11.8 Å². The van der Waals surface area contributed by atoms with Crippen LogP contribution in [0.4, 0.5) is 0 Å². The molecule has 104 valence electrons. The number of hydrogen-bond acceptors (Lipinski definition) is 2. The Morgan fingerprint density at radius 3 is 2.85 bits per heavy atom. The summed E-state index contributed by atoms with van der Waals surface area (Å²) in [6.45, 7) is 6.19. The predicted octanol–water partition coefficient (Wildman–Crippen LogP) is 3.87. The van der Waals surface area contributed by atoms with Gasteiger partial charge in [0.25, 0.3) is 0 Å². The highest BCUT2D eigenvalue weighted by Crippen LogP contribution is 2.22. The molecule has 2 heteroatoms. The van der Waals surface area contributed by atoms with Crippen LogP contribution in [0.1, 0.15) is 57.2 Å². The molecule has 1 unspecified atom stereocenters. The molecule has 1 heterocycles. The average molecular weight is 267 g/mol. The molecule has 0 bridgehead atoms. The molecule has 1 aliphatic rings. The van der Waals surface area contributed by atoms with E-state index in [2.05, 4.69) is 36.7 Å². The van der Waals surface area contributed by atoms with Crippen molar-refractivity contribution in [1.29, 1.82) is 0 Å². The van der Waals surface area contributed by atoms with Gasteiger partial charge in [0.1, 0.15) is 5.69 Å². The van der Waals surface area contributed by atoms with Gasteiger partial charge in [-0.25, -0.2) is 4.98 Å². The van der Waals surface area contributed by atoms with Gasteiger partial charge in [-0.3, -0.25) is 4.79 Å². The van der Waals surface area contributed by atoms with Crippen molar-refractivity contribution in [3.05, 3.63) is 41.2 Å². The lowest BCUT2D eigenvalue weighted by molar-refractivity contribution is -0.119. The second-order valence-corrected chi connectivity index (χ2v) is 5.66. The molecule has 0 radical (unpaired) electrons. The molecule has 0 aliphatic heterocycles. The van der Waals surface area contributed by atoms with Gasteiger partial charge in [0.2, 0.25) is 0 Å². The first kappa shape index (κ1) is 14.5. The Balaban J connectivity index is 1.98. The summed E-state index contributed by atoms with van der Waals surface area (Å²) in [4.78, 5) is 16.3. The van der Waals surface area contributed by atoms with E-state index in [1.807, 2.05) is 25.3 Å². The van der Waals surface area contributed by atoms with E-state index >= 15 is 0 Å². The summed E-state index contributed by atoms with van der Waals surface area (Å²) in [7, 11) is 0. The third kappa shape index (κ3) is 3.57. The number of Topliss-reactive ketones (excluding diaryl/α,β-unsaturated/α-hetero) is 1. The molecule has 2 rings (SSSR count). The van der Waals surface area contributed by atoms with Gasteiger partial charge in [-0.15, -0.1) is 0 Å². The van der Waals surface area contributed by atoms with Crippen LogP contribution in [-0.2, 0) is 4.79 Å². The molecule has 20 heavy (non-hydrogen) atoms. The molecule has 0 saturated heterocycles. The SMILES string of the molecule is CC1=CCCC(CC#Cc2ccc(C(C)C)cn2)C1=O. The summed E-state index contributed by atoms with van der Waals surface area (Å²) < 4.78 is 0. The summed E-state index contributed by atoms with van der Waals surface area (Å²) in [5, 5.41) is 0. The molecule has 0 saturated carbocycles. The van der Waals surface area contributed by atoms with E-state index in [9.17, 15) is 4.79 Å². The van der Waals surface area contributed by atoms with Crippen molar-refractivity contribution in [2.24, 2.45) is 5.92 Å². The maximum absolute atomic E-state index is 11.9. The second-order valence-electron chi connectivity index (χ2n) is 5.66. The molecular weight excluding hydrogens is 246 g/mol. The van der Waals surface area contributed by atoms with E-state index in [1.165, 1.54) is 5.56 Å². The van der Waals surface area contributed by atoms with E-state index in [0.29, 0.717) is 12.3 Å². The van der Waals surface area contributed by atoms with Crippen LogP contribution in [0.25, 0.3) is 0 Å². The minimum Gasteiger partial charge on any atom is -0.294 e. The number of rotatable bonds is 2. The Kier molecular flexibility index (Phi) is 4.74. The lowest BCUT2D eigenvalue weighted by Crippen LogP contribution is -2.18. The fraction of sp³-hybridized carbons (Fsp3) is 0.444. The smallest absolute Gasteiger partial charge is 0.162 e. The second kappa shape index (κ2) is 6.52. The topological polar surface area (TPSA) is 30.0 Å². The Labute approximate surface area is 121 Å². The van der Waals surface area contributed by atoms with Gasteiger partial charge in [0, 0.05) is 18.5 Å². The van der Waals surface area contributed by atoms with Crippen LogP contribution in [0.5, 0.6) is 0 Å². The quantitative estimate of drug-likeness (QED) is 0.761. The highest BCUT2D eigenvalue weighted by molar-refractivity contribution is 5.97. The van der Waals surface area contributed by atoms with E-state index in [1.54, 1.807) is 0 Å². The van der Waals surface area contributed by atoms with Crippen LogP contribution in [0.2, 0.25) is 0 Å². The predicted molar refractivity (Wildman–Crippen MR) is 81.3 cm³/mol. The summed E-state index contributed by atoms with van der Waals surface area (Å²) in [6.07, 6.45) is 6.46. The molecule has 1 aliphatic carbocycles. The molecular formula is C18H21NO. The van der Waals surface area contributed by atoms with Crippen LogP contribution >= 0.6 is 0 Å². The first-order valence-electron chi connectivity index (χ1n) is 7.23. The average Bonchev–Trinajstić information content (AvgIpc) is 2.44. The minimum absolute atomic E-state index is 0.0717. The van der Waals surface area contributed by atoms with Gasteiger partial charge in [0.05, 0.1) is 0 Å². The van der Waals surface area contributed by atoms with Gasteiger partial charge in [-0.1, -0.05) is 31.9 Å². The van der Waals surface area contributed by atoms with Crippen molar-refractivity contribution in [1.82, 2.24) is 4.98 Å². The van der Waals surface area contributed by atoms with E-state index in [0.717, 1.165) is 24.1 Å². The number of carbonyl (C=O) groups excluding carboxylic acids is 1. The molecule has 1 aromatic heterocycles. The normalized spacial score (nSPS) is 18.5. The summed E-state index contributed by atoms with van der Waals surface area (Å²) in [5.74, 6) is 6.99. The number of ketones is 1. The van der Waals surface area contributed by atoms with Crippen LogP contribution in [0, 0.1) is 17.8 Å². The summed E-state index contributed by atoms with van der Waals surface area (Å²) in [5.41, 5.74) is 2.89. The monoisotopic (exact) mass is 267 g/mol. The maximum Gasteiger partial charge on any atom is 0.162 e. The molecule has 0 fully saturated rings. The molecule has 1 aromatic rings. The van der Waals surface area contributed by atoms with Crippen LogP contribution < -0.4 is 0 Å². The number of aromatic nitrogens is 1. The van der Waals surface area contributed by atoms with Gasteiger partial charge < -0.3 is 0 Å². The van der Waals surface area contributed by atoms with Gasteiger partial charge in [-0.2, -0.15) is 0 Å². The number of allylic oxidation sites excluding steroid dienone is 2. The zero-order valence-electron chi connectivity index (χ0n) is 12.4. The van der Waals surface area contributed by atoms with Crippen molar-refractivity contribution in [2.45, 2.75) is 46.0 Å². The van der Waals surface area contributed by atoms with Gasteiger partial charge >= 0.3 is 0 Å². The zero-order valence-corrected chi connectivity index (χ0v) is 12.4. The first-order valence-corrected chi connectivity index (χ1v) is 7.23. The summed E-state index contributed by atoms with van der Waals surface area (Å²) >= 11 is 0. The van der Waals surface area contributed by atoms with Gasteiger partial charge in [-0.05, 0) is 48.8 Å². The minimum atomic E-state index is 0.0717. The largest absolute Gasteiger partial charge is 0.294 e. The van der Waals surface area contributed by atoms with Crippen molar-refractivity contribution >= 4 is 5.78 Å². The van der Waals surface area contributed by atoms with E-state index in [4.69, 9.17) is 0 Å². The molecule has 2 nitrogen and oxygen atoms in total. The molecule has 0 N–H and O–H groups in total. The molecule has 0 amide bonds. The highest BCUT2D eigenvalue weighted by Gasteiger charge is 2.21. The van der Waals surface area contributed by atoms with Gasteiger partial charge in [0.15, 0.2) is 5.78 Å².